The fraction of sp³-hybridized carbons (Fsp3) is 0.889. The van der Waals surface area contributed by atoms with Gasteiger partial charge in [0.1, 0.15) is 6.10 Å². The number of ether oxygens (including phenoxy) is 1. The maximum Gasteiger partial charge on any atom is 0.222 e. The van der Waals surface area contributed by atoms with Crippen LogP contribution in [0.2, 0.25) is 0 Å². The minimum Gasteiger partial charge on any atom is -0.394 e. The summed E-state index contributed by atoms with van der Waals surface area (Å²) in [4.78, 5) is 26.0. The van der Waals surface area contributed by atoms with Crippen LogP contribution in [0, 0.1) is 0 Å². The Bertz CT molecular complexity index is 427. The van der Waals surface area contributed by atoms with Crippen LogP contribution in [0.1, 0.15) is 51.9 Å². The summed E-state index contributed by atoms with van der Waals surface area (Å²) < 4.78 is 5.82. The highest BCUT2D eigenvalue weighted by Crippen LogP contribution is 2.22. The second kappa shape index (κ2) is 10.7. The van der Waals surface area contributed by atoms with Gasteiger partial charge in [-0.25, -0.2) is 0 Å². The van der Waals surface area contributed by atoms with E-state index < -0.39 is 6.10 Å². The number of nitrogens with one attached hydrogen (secondary N) is 2. The molecule has 0 saturated carbocycles. The first kappa shape index (κ1) is 20.1. The van der Waals surface area contributed by atoms with Gasteiger partial charge >= 0.3 is 0 Å². The molecule has 2 saturated heterocycles. The Kier molecular flexibility index (Phi) is 8.64. The van der Waals surface area contributed by atoms with E-state index >= 15 is 0 Å². The molecular formula is C18H33N3O4. The zero-order chi connectivity index (χ0) is 18.1. The number of aliphatic hydroxyl groups is 1. The maximum atomic E-state index is 12.1. The molecule has 0 aromatic rings. The lowest BCUT2D eigenvalue weighted by Crippen LogP contribution is -2.51. The largest absolute Gasteiger partial charge is 0.394 e. The second-order valence-corrected chi connectivity index (χ2v) is 7.04. The zero-order valence-corrected chi connectivity index (χ0v) is 15.3. The molecule has 0 aromatic heterocycles. The van der Waals surface area contributed by atoms with E-state index in [9.17, 15) is 14.7 Å². The first-order chi connectivity index (χ1) is 12.1. The van der Waals surface area contributed by atoms with Crippen molar-refractivity contribution in [3.8, 4) is 0 Å². The van der Waals surface area contributed by atoms with Gasteiger partial charge in [0.05, 0.1) is 25.2 Å². The number of hydrogen-bond donors (Lipinski definition) is 3. The highest BCUT2D eigenvalue weighted by Gasteiger charge is 2.32. The molecule has 2 rings (SSSR count). The molecule has 2 aliphatic heterocycles. The SMILES string of the molecule is CCC(=O)N[C@H]1CC[C@@H](CC(=O)NCCN2CCCCC2)O[C@H]1CO. The summed E-state index contributed by atoms with van der Waals surface area (Å²) in [6, 6.07) is -0.170. The van der Waals surface area contributed by atoms with Crippen LogP contribution >= 0.6 is 0 Å². The molecular weight excluding hydrogens is 322 g/mol. The number of carbonyl (C=O) groups excluding carboxylic acids is 2. The van der Waals surface area contributed by atoms with E-state index in [1.165, 1.54) is 19.3 Å². The Hall–Kier alpha value is -1.18. The Morgan fingerprint density at radius 3 is 2.60 bits per heavy atom. The van der Waals surface area contributed by atoms with Gasteiger partial charge in [-0.2, -0.15) is 0 Å². The predicted molar refractivity (Wildman–Crippen MR) is 95.1 cm³/mol. The second-order valence-electron chi connectivity index (χ2n) is 7.04. The molecule has 2 amide bonds. The monoisotopic (exact) mass is 355 g/mol. The van der Waals surface area contributed by atoms with Crippen molar-refractivity contribution in [3.05, 3.63) is 0 Å². The first-order valence-electron chi connectivity index (χ1n) is 9.67. The maximum absolute atomic E-state index is 12.1. The number of likely N-dealkylation sites (tertiary alicyclic amines) is 1. The molecule has 2 aliphatic rings. The van der Waals surface area contributed by atoms with Gasteiger partial charge in [-0.05, 0) is 38.8 Å². The lowest BCUT2D eigenvalue weighted by atomic mass is 9.97. The van der Waals surface area contributed by atoms with Crippen LogP contribution in [0.4, 0.5) is 0 Å². The Balaban J connectivity index is 1.66. The van der Waals surface area contributed by atoms with Crippen LogP contribution in [-0.4, -0.2) is 72.9 Å². The molecule has 0 bridgehead atoms. The number of nitrogens with zero attached hydrogens (tertiary/aromatic N) is 1. The van der Waals surface area contributed by atoms with Crippen molar-refractivity contribution in [2.45, 2.75) is 70.1 Å². The number of piperidine rings is 1. The molecule has 0 aliphatic carbocycles. The molecule has 3 N–H and O–H groups in total. The summed E-state index contributed by atoms with van der Waals surface area (Å²) in [5.41, 5.74) is 0. The predicted octanol–water partition coefficient (Wildman–Crippen LogP) is 0.413. The molecule has 0 spiro atoms. The fourth-order valence-electron chi connectivity index (χ4n) is 3.57. The number of amides is 2. The third-order valence-electron chi connectivity index (χ3n) is 5.08. The van der Waals surface area contributed by atoms with Gasteiger partial charge in [0, 0.05) is 19.5 Å². The van der Waals surface area contributed by atoms with Crippen molar-refractivity contribution >= 4 is 11.8 Å². The molecule has 3 atom stereocenters. The van der Waals surface area contributed by atoms with Gasteiger partial charge in [-0.1, -0.05) is 13.3 Å². The molecule has 0 radical (unpaired) electrons. The highest BCUT2D eigenvalue weighted by atomic mass is 16.5. The van der Waals surface area contributed by atoms with Crippen molar-refractivity contribution in [1.82, 2.24) is 15.5 Å². The number of carbonyl (C=O) groups is 2. The van der Waals surface area contributed by atoms with E-state index in [0.29, 0.717) is 25.8 Å². The number of hydrogen-bond acceptors (Lipinski definition) is 5. The topological polar surface area (TPSA) is 90.9 Å². The van der Waals surface area contributed by atoms with Crippen molar-refractivity contribution < 1.29 is 19.4 Å². The van der Waals surface area contributed by atoms with Crippen molar-refractivity contribution in [3.63, 3.8) is 0 Å². The molecule has 7 heteroatoms. The van der Waals surface area contributed by atoms with Crippen molar-refractivity contribution in [2.24, 2.45) is 0 Å². The van der Waals surface area contributed by atoms with E-state index in [1.54, 1.807) is 6.92 Å². The summed E-state index contributed by atoms with van der Waals surface area (Å²) in [6.45, 7) is 5.48. The van der Waals surface area contributed by atoms with Crippen molar-refractivity contribution in [1.29, 1.82) is 0 Å². The van der Waals surface area contributed by atoms with Crippen molar-refractivity contribution in [2.75, 3.05) is 32.8 Å². The number of rotatable bonds is 8. The minimum absolute atomic E-state index is 0.00487. The lowest BCUT2D eigenvalue weighted by Gasteiger charge is -2.36. The molecule has 144 valence electrons. The van der Waals surface area contributed by atoms with E-state index in [2.05, 4.69) is 15.5 Å². The highest BCUT2D eigenvalue weighted by molar-refractivity contribution is 5.76. The Labute approximate surface area is 150 Å². The summed E-state index contributed by atoms with van der Waals surface area (Å²) >= 11 is 0. The van der Waals surface area contributed by atoms with Crippen LogP contribution < -0.4 is 10.6 Å². The van der Waals surface area contributed by atoms with E-state index in [1.807, 2.05) is 0 Å². The average molecular weight is 355 g/mol. The summed E-state index contributed by atoms with van der Waals surface area (Å²) in [6.07, 6.45) is 5.35. The van der Waals surface area contributed by atoms with Gasteiger partial charge in [0.15, 0.2) is 0 Å². The molecule has 0 aromatic carbocycles. The van der Waals surface area contributed by atoms with E-state index in [0.717, 1.165) is 26.1 Å². The van der Waals surface area contributed by atoms with Gasteiger partial charge in [-0.3, -0.25) is 9.59 Å². The standard InChI is InChI=1S/C18H33N3O4/c1-2-17(23)20-15-7-6-14(25-16(15)13-22)12-18(24)19-8-11-21-9-4-3-5-10-21/h14-16,22H,2-13H2,1H3,(H,19,24)(H,20,23)/t14-,15-,16-/m0/s1. The van der Waals surface area contributed by atoms with Crippen LogP contribution in [0.5, 0.6) is 0 Å². The minimum atomic E-state index is -0.435. The summed E-state index contributed by atoms with van der Waals surface area (Å²) in [7, 11) is 0. The number of aliphatic hydroxyl groups excluding tert-OH is 1. The Morgan fingerprint density at radius 2 is 1.92 bits per heavy atom. The van der Waals surface area contributed by atoms with Gasteiger partial charge in [-0.15, -0.1) is 0 Å². The molecule has 2 fully saturated rings. The van der Waals surface area contributed by atoms with Gasteiger partial charge in [0.25, 0.3) is 0 Å². The first-order valence-corrected chi connectivity index (χ1v) is 9.67. The molecule has 25 heavy (non-hydrogen) atoms. The molecule has 2 heterocycles. The molecule has 0 unspecified atom stereocenters. The summed E-state index contributed by atoms with van der Waals surface area (Å²) in [5.74, 6) is -0.0456. The molecule has 7 nitrogen and oxygen atoms in total. The third-order valence-corrected chi connectivity index (χ3v) is 5.08. The normalized spacial score (nSPS) is 27.7. The lowest BCUT2D eigenvalue weighted by molar-refractivity contribution is -0.135. The summed E-state index contributed by atoms with van der Waals surface area (Å²) in [5, 5.41) is 15.4. The fourth-order valence-corrected chi connectivity index (χ4v) is 3.57. The third kappa shape index (κ3) is 6.92. The van der Waals surface area contributed by atoms with Crippen LogP contribution in [-0.2, 0) is 14.3 Å². The average Bonchev–Trinajstić information content (AvgIpc) is 2.63. The van der Waals surface area contributed by atoms with Crippen LogP contribution in [0.25, 0.3) is 0 Å². The van der Waals surface area contributed by atoms with Crippen LogP contribution in [0.3, 0.4) is 0 Å². The van der Waals surface area contributed by atoms with Crippen LogP contribution in [0.15, 0.2) is 0 Å². The quantitative estimate of drug-likeness (QED) is 0.587. The van der Waals surface area contributed by atoms with E-state index in [-0.39, 0.29) is 30.6 Å². The zero-order valence-electron chi connectivity index (χ0n) is 15.3. The smallest absolute Gasteiger partial charge is 0.222 e. The Morgan fingerprint density at radius 1 is 1.16 bits per heavy atom. The van der Waals surface area contributed by atoms with E-state index in [4.69, 9.17) is 4.74 Å². The van der Waals surface area contributed by atoms with Gasteiger partial charge < -0.3 is 25.4 Å². The van der Waals surface area contributed by atoms with Gasteiger partial charge in [0.2, 0.25) is 11.8 Å².